The summed E-state index contributed by atoms with van der Waals surface area (Å²) >= 11 is 0. The Labute approximate surface area is 122 Å². The molecule has 0 radical (unpaired) electrons. The number of hydrogen-bond acceptors (Lipinski definition) is 3. The van der Waals surface area contributed by atoms with Crippen molar-refractivity contribution in [2.24, 2.45) is 0 Å². The Morgan fingerprint density at radius 1 is 1.00 bits per heavy atom. The van der Waals surface area contributed by atoms with E-state index in [1.165, 1.54) is 0 Å². The number of ether oxygens (including phenoxy) is 1. The lowest BCUT2D eigenvalue weighted by atomic mass is 10.1. The van der Waals surface area contributed by atoms with Gasteiger partial charge in [0.15, 0.2) is 6.10 Å². The molecule has 102 valence electrons. The van der Waals surface area contributed by atoms with Crippen molar-refractivity contribution >= 4 is 16.8 Å². The molecule has 3 heteroatoms. The van der Waals surface area contributed by atoms with Crippen LogP contribution in [0.15, 0.2) is 60.8 Å². The molecule has 0 spiro atoms. The van der Waals surface area contributed by atoms with Crippen LogP contribution in [0.2, 0.25) is 0 Å². The Kier molecular flexibility index (Phi) is 2.64. The van der Waals surface area contributed by atoms with Gasteiger partial charge in [-0.05, 0) is 35.7 Å². The number of rotatable bonds is 1. The molecule has 2 aromatic carbocycles. The average molecular weight is 275 g/mol. The fraction of sp³-hybridized carbons (Fsp3) is 0.0556. The summed E-state index contributed by atoms with van der Waals surface area (Å²) in [6.07, 6.45) is 5.58. The molecule has 0 saturated carbocycles. The van der Waals surface area contributed by atoms with Crippen LogP contribution >= 0.6 is 0 Å². The van der Waals surface area contributed by atoms with Crippen LogP contribution in [0.5, 0.6) is 11.5 Å². The second kappa shape index (κ2) is 4.63. The Balaban J connectivity index is 1.72. The lowest BCUT2D eigenvalue weighted by Crippen LogP contribution is -2.10. The van der Waals surface area contributed by atoms with E-state index in [-0.39, 0.29) is 11.9 Å². The van der Waals surface area contributed by atoms with Crippen molar-refractivity contribution in [3.05, 3.63) is 72.1 Å². The van der Waals surface area contributed by atoms with Gasteiger partial charge < -0.3 is 9.84 Å². The molecule has 1 aromatic heterocycles. The van der Waals surface area contributed by atoms with E-state index in [4.69, 9.17) is 4.74 Å². The summed E-state index contributed by atoms with van der Waals surface area (Å²) < 4.78 is 5.96. The second-order valence-electron chi connectivity index (χ2n) is 5.08. The third-order valence-corrected chi connectivity index (χ3v) is 3.64. The maximum Gasteiger partial charge on any atom is 0.159 e. The number of benzene rings is 2. The number of pyridine rings is 1. The van der Waals surface area contributed by atoms with Gasteiger partial charge in [-0.15, -0.1) is 0 Å². The molecule has 1 aliphatic rings. The van der Waals surface area contributed by atoms with E-state index in [1.54, 1.807) is 18.2 Å². The predicted molar refractivity (Wildman–Crippen MR) is 82.3 cm³/mol. The van der Waals surface area contributed by atoms with Crippen LogP contribution in [0.3, 0.4) is 0 Å². The van der Waals surface area contributed by atoms with Gasteiger partial charge in [0, 0.05) is 17.1 Å². The monoisotopic (exact) mass is 275 g/mol. The SMILES string of the molecule is Oc1ccc2c(c1)C=CC(c1cc3ccccc3cn1)O2. The van der Waals surface area contributed by atoms with Crippen LogP contribution in [0.1, 0.15) is 17.4 Å². The third-order valence-electron chi connectivity index (χ3n) is 3.64. The molecule has 1 N–H and O–H groups in total. The number of nitrogens with zero attached hydrogens (tertiary/aromatic N) is 1. The lowest BCUT2D eigenvalue weighted by Gasteiger charge is -2.21. The summed E-state index contributed by atoms with van der Waals surface area (Å²) in [7, 11) is 0. The minimum Gasteiger partial charge on any atom is -0.508 e. The topological polar surface area (TPSA) is 42.4 Å². The van der Waals surface area contributed by atoms with Crippen molar-refractivity contribution in [3.63, 3.8) is 0 Å². The highest BCUT2D eigenvalue weighted by molar-refractivity contribution is 5.82. The van der Waals surface area contributed by atoms with E-state index in [0.29, 0.717) is 0 Å². The summed E-state index contributed by atoms with van der Waals surface area (Å²) in [4.78, 5) is 4.50. The largest absolute Gasteiger partial charge is 0.508 e. The highest BCUT2D eigenvalue weighted by Gasteiger charge is 2.18. The van der Waals surface area contributed by atoms with Gasteiger partial charge in [0.05, 0.1) is 5.69 Å². The molecule has 0 aliphatic carbocycles. The molecule has 3 nitrogen and oxygen atoms in total. The Morgan fingerprint density at radius 2 is 1.86 bits per heavy atom. The van der Waals surface area contributed by atoms with E-state index in [9.17, 15) is 5.11 Å². The van der Waals surface area contributed by atoms with Crippen LogP contribution in [0, 0.1) is 0 Å². The van der Waals surface area contributed by atoms with Crippen molar-refractivity contribution in [1.29, 1.82) is 0 Å². The fourth-order valence-corrected chi connectivity index (χ4v) is 2.56. The average Bonchev–Trinajstić information content (AvgIpc) is 2.54. The zero-order valence-corrected chi connectivity index (χ0v) is 11.2. The molecule has 1 atom stereocenters. The zero-order valence-electron chi connectivity index (χ0n) is 11.2. The van der Waals surface area contributed by atoms with Crippen LogP contribution in [-0.4, -0.2) is 10.1 Å². The third kappa shape index (κ3) is 2.13. The van der Waals surface area contributed by atoms with Gasteiger partial charge in [0.25, 0.3) is 0 Å². The van der Waals surface area contributed by atoms with Crippen LogP contribution < -0.4 is 4.74 Å². The summed E-state index contributed by atoms with van der Waals surface area (Å²) in [6, 6.07) is 15.3. The first kappa shape index (κ1) is 12.0. The maximum atomic E-state index is 9.49. The molecule has 4 rings (SSSR count). The first-order valence-corrected chi connectivity index (χ1v) is 6.82. The molecule has 3 aromatic rings. The molecular weight excluding hydrogens is 262 g/mol. The van der Waals surface area contributed by atoms with E-state index < -0.39 is 0 Å². The van der Waals surface area contributed by atoms with Gasteiger partial charge >= 0.3 is 0 Å². The van der Waals surface area contributed by atoms with Crippen LogP contribution in [0.4, 0.5) is 0 Å². The molecule has 0 saturated heterocycles. The quantitative estimate of drug-likeness (QED) is 0.727. The summed E-state index contributed by atoms with van der Waals surface area (Å²) in [5.41, 5.74) is 1.76. The highest BCUT2D eigenvalue weighted by atomic mass is 16.5. The molecule has 0 fully saturated rings. The zero-order chi connectivity index (χ0) is 14.2. The van der Waals surface area contributed by atoms with E-state index in [1.807, 2.05) is 36.5 Å². The Morgan fingerprint density at radius 3 is 2.76 bits per heavy atom. The Hall–Kier alpha value is -2.81. The Bertz CT molecular complexity index is 855. The minimum absolute atomic E-state index is 0.202. The number of hydrogen-bond donors (Lipinski definition) is 1. The van der Waals surface area contributed by atoms with E-state index in [0.717, 1.165) is 27.8 Å². The summed E-state index contributed by atoms with van der Waals surface area (Å²) in [6.45, 7) is 0. The van der Waals surface area contributed by atoms with Gasteiger partial charge in [0.2, 0.25) is 0 Å². The highest BCUT2D eigenvalue weighted by Crippen LogP contribution is 2.34. The maximum absolute atomic E-state index is 9.49. The smallest absolute Gasteiger partial charge is 0.159 e. The summed E-state index contributed by atoms with van der Waals surface area (Å²) in [5.74, 6) is 1.000. The molecule has 21 heavy (non-hydrogen) atoms. The first-order valence-electron chi connectivity index (χ1n) is 6.82. The molecule has 0 bridgehead atoms. The van der Waals surface area contributed by atoms with Gasteiger partial charge in [-0.2, -0.15) is 0 Å². The van der Waals surface area contributed by atoms with Gasteiger partial charge in [-0.1, -0.05) is 30.3 Å². The van der Waals surface area contributed by atoms with Crippen molar-refractivity contribution in [2.45, 2.75) is 6.10 Å². The van der Waals surface area contributed by atoms with Gasteiger partial charge in [-0.3, -0.25) is 4.98 Å². The van der Waals surface area contributed by atoms with E-state index in [2.05, 4.69) is 17.1 Å². The minimum atomic E-state index is -0.202. The van der Waals surface area contributed by atoms with Crippen LogP contribution in [-0.2, 0) is 0 Å². The number of aromatic nitrogens is 1. The van der Waals surface area contributed by atoms with Crippen molar-refractivity contribution in [2.75, 3.05) is 0 Å². The molecule has 1 aliphatic heterocycles. The lowest BCUT2D eigenvalue weighted by molar-refractivity contribution is 0.246. The number of fused-ring (bicyclic) bond motifs is 2. The van der Waals surface area contributed by atoms with Crippen molar-refractivity contribution in [3.8, 4) is 11.5 Å². The predicted octanol–water partition coefficient (Wildman–Crippen LogP) is 4.09. The van der Waals surface area contributed by atoms with Crippen molar-refractivity contribution in [1.82, 2.24) is 4.98 Å². The second-order valence-corrected chi connectivity index (χ2v) is 5.08. The fourth-order valence-electron chi connectivity index (χ4n) is 2.56. The summed E-state index contributed by atoms with van der Waals surface area (Å²) in [5, 5.41) is 11.8. The van der Waals surface area contributed by atoms with Crippen LogP contribution in [0.25, 0.3) is 16.8 Å². The normalized spacial score (nSPS) is 16.5. The number of phenols is 1. The number of aromatic hydroxyl groups is 1. The molecule has 1 unspecified atom stereocenters. The van der Waals surface area contributed by atoms with E-state index >= 15 is 0 Å². The standard InChI is InChI=1S/C18H13NO2/c20-15-6-8-17-13(9-15)5-7-18(21-17)16-10-12-3-1-2-4-14(12)11-19-16/h1-11,18,20H. The van der Waals surface area contributed by atoms with Gasteiger partial charge in [-0.25, -0.2) is 0 Å². The van der Waals surface area contributed by atoms with Crippen molar-refractivity contribution < 1.29 is 9.84 Å². The number of phenolic OH excluding ortho intramolecular Hbond substituents is 1. The van der Waals surface area contributed by atoms with Gasteiger partial charge in [0.1, 0.15) is 11.5 Å². The molecular formula is C18H13NO2. The first-order chi connectivity index (χ1) is 10.3. The molecule has 0 amide bonds. The molecule has 2 heterocycles.